The van der Waals surface area contributed by atoms with E-state index in [0.717, 1.165) is 30.8 Å². The fourth-order valence-corrected chi connectivity index (χ4v) is 7.02. The van der Waals surface area contributed by atoms with Crippen molar-refractivity contribution in [3.8, 4) is 0 Å². The molecule has 2 fully saturated rings. The van der Waals surface area contributed by atoms with Gasteiger partial charge < -0.3 is 9.80 Å². The van der Waals surface area contributed by atoms with Crippen LogP contribution in [0.5, 0.6) is 0 Å². The van der Waals surface area contributed by atoms with Crippen LogP contribution in [0.25, 0.3) is 0 Å². The summed E-state index contributed by atoms with van der Waals surface area (Å²) in [5.41, 5.74) is 3.71. The van der Waals surface area contributed by atoms with E-state index >= 15 is 0 Å². The number of carbonyl (C=O) groups excluding carboxylic acids is 1. The summed E-state index contributed by atoms with van der Waals surface area (Å²) in [7, 11) is -4.01. The predicted molar refractivity (Wildman–Crippen MR) is 134 cm³/mol. The van der Waals surface area contributed by atoms with Gasteiger partial charge in [0.05, 0.1) is 11.9 Å². The Bertz CT molecular complexity index is 1080. The normalized spacial score (nSPS) is 18.9. The summed E-state index contributed by atoms with van der Waals surface area (Å²) in [4.78, 5) is 25.6. The molecular weight excluding hydrogens is 468 g/mol. The van der Waals surface area contributed by atoms with Crippen LogP contribution in [0.1, 0.15) is 38.2 Å². The lowest BCUT2D eigenvalue weighted by atomic mass is 9.94. The molecular formula is C24H34N6O4S. The van der Waals surface area contributed by atoms with E-state index in [4.69, 9.17) is 0 Å². The number of unbranched alkanes of at least 4 members (excludes halogenated alkanes) is 1. The molecule has 2 aromatic rings. The molecule has 0 aliphatic carbocycles. The highest BCUT2D eigenvalue weighted by Crippen LogP contribution is 2.35. The molecule has 0 unspecified atom stereocenters. The second-order valence-electron chi connectivity index (χ2n) is 9.15. The van der Waals surface area contributed by atoms with Crippen molar-refractivity contribution in [1.82, 2.24) is 19.8 Å². The minimum atomic E-state index is -4.01. The fraction of sp³-hybridized carbons (Fsp3) is 0.542. The van der Waals surface area contributed by atoms with Crippen molar-refractivity contribution in [1.29, 1.82) is 0 Å². The van der Waals surface area contributed by atoms with E-state index < -0.39 is 20.7 Å². The molecule has 4 rings (SSSR count). The van der Waals surface area contributed by atoms with Gasteiger partial charge in [0.2, 0.25) is 10.0 Å². The van der Waals surface area contributed by atoms with E-state index in [1.54, 1.807) is 17.9 Å². The molecule has 1 amide bonds. The summed E-state index contributed by atoms with van der Waals surface area (Å²) in [5, 5.41) is 9.44. The lowest BCUT2D eigenvalue weighted by Gasteiger charge is -2.44. The Hall–Kier alpha value is -2.76. The van der Waals surface area contributed by atoms with Crippen LogP contribution in [0.4, 0.5) is 11.5 Å². The average Bonchev–Trinajstić information content (AvgIpc) is 2.92. The highest BCUT2D eigenvalue weighted by Gasteiger charge is 2.55. The number of rotatable bonds is 8. The molecule has 0 aromatic carbocycles. The van der Waals surface area contributed by atoms with Crippen LogP contribution in [0, 0.1) is 0 Å². The Kier molecular flexibility index (Phi) is 7.88. The van der Waals surface area contributed by atoms with Crippen molar-refractivity contribution in [2.75, 3.05) is 49.1 Å². The molecule has 190 valence electrons. The van der Waals surface area contributed by atoms with Crippen LogP contribution in [0.15, 0.2) is 42.9 Å². The molecule has 0 spiro atoms. The highest BCUT2D eigenvalue weighted by molar-refractivity contribution is 7.91. The minimum Gasteiger partial charge on any atom is -0.370 e. The first-order valence-electron chi connectivity index (χ1n) is 12.2. The summed E-state index contributed by atoms with van der Waals surface area (Å²) in [5.74, 6) is -0.0370. The number of nitrogens with zero attached hydrogens (tertiary/aromatic N) is 5. The first-order chi connectivity index (χ1) is 16.9. The van der Waals surface area contributed by atoms with E-state index in [2.05, 4.69) is 27.9 Å². The third-order valence-electron chi connectivity index (χ3n) is 7.12. The Morgan fingerprint density at radius 3 is 2.37 bits per heavy atom. The summed E-state index contributed by atoms with van der Waals surface area (Å²) >= 11 is 0. The van der Waals surface area contributed by atoms with Crippen molar-refractivity contribution in [3.05, 3.63) is 48.4 Å². The first-order valence-corrected chi connectivity index (χ1v) is 13.6. The van der Waals surface area contributed by atoms with Gasteiger partial charge in [-0.2, -0.15) is 4.31 Å². The summed E-state index contributed by atoms with van der Waals surface area (Å²) in [6.07, 6.45) is 8.72. The summed E-state index contributed by atoms with van der Waals surface area (Å²) < 4.78 is 27.3. The number of hydroxylamine groups is 1. The van der Waals surface area contributed by atoms with Crippen LogP contribution in [0.3, 0.4) is 0 Å². The number of sulfonamides is 1. The maximum Gasteiger partial charge on any atom is 0.266 e. The number of piperazine rings is 1. The number of carbonyl (C=O) groups is 1. The number of aryl methyl sites for hydroxylation is 1. The smallest absolute Gasteiger partial charge is 0.266 e. The summed E-state index contributed by atoms with van der Waals surface area (Å²) in [6, 6.07) is 7.80. The summed E-state index contributed by atoms with van der Waals surface area (Å²) in [6.45, 7) is 4.38. The van der Waals surface area contributed by atoms with E-state index in [9.17, 15) is 18.4 Å². The van der Waals surface area contributed by atoms with Gasteiger partial charge in [-0.05, 0) is 49.4 Å². The van der Waals surface area contributed by atoms with E-state index in [-0.39, 0.29) is 25.9 Å². The predicted octanol–water partition coefficient (Wildman–Crippen LogP) is 1.82. The third-order valence-corrected chi connectivity index (χ3v) is 9.75. The Morgan fingerprint density at radius 1 is 1.06 bits per heavy atom. The molecule has 2 saturated heterocycles. The van der Waals surface area contributed by atoms with Gasteiger partial charge in [-0.1, -0.05) is 19.4 Å². The molecule has 2 aliphatic rings. The average molecular weight is 503 g/mol. The van der Waals surface area contributed by atoms with Crippen LogP contribution in [-0.4, -0.2) is 77.8 Å². The lowest BCUT2D eigenvalue weighted by Crippen LogP contribution is -2.63. The van der Waals surface area contributed by atoms with Gasteiger partial charge in [0.15, 0.2) is 4.75 Å². The molecule has 2 aromatic heterocycles. The van der Waals surface area contributed by atoms with Crippen molar-refractivity contribution >= 4 is 27.4 Å². The van der Waals surface area contributed by atoms with Crippen molar-refractivity contribution in [2.24, 2.45) is 0 Å². The molecule has 10 nitrogen and oxygen atoms in total. The largest absolute Gasteiger partial charge is 0.370 e. The molecule has 0 radical (unpaired) electrons. The van der Waals surface area contributed by atoms with Gasteiger partial charge in [-0.15, -0.1) is 0 Å². The number of hydrogen-bond acceptors (Lipinski definition) is 8. The van der Waals surface area contributed by atoms with Gasteiger partial charge in [0, 0.05) is 51.7 Å². The number of aromatic nitrogens is 2. The molecule has 35 heavy (non-hydrogen) atoms. The number of piperidine rings is 1. The lowest BCUT2D eigenvalue weighted by molar-refractivity contribution is -0.132. The van der Waals surface area contributed by atoms with Crippen molar-refractivity contribution in [2.45, 2.75) is 43.8 Å². The van der Waals surface area contributed by atoms with Crippen LogP contribution in [0.2, 0.25) is 0 Å². The quantitative estimate of drug-likeness (QED) is 0.414. The van der Waals surface area contributed by atoms with Gasteiger partial charge >= 0.3 is 0 Å². The van der Waals surface area contributed by atoms with Gasteiger partial charge in [0.25, 0.3) is 5.91 Å². The molecule has 0 bridgehead atoms. The fourth-order valence-electron chi connectivity index (χ4n) is 4.91. The monoisotopic (exact) mass is 502 g/mol. The molecule has 0 saturated carbocycles. The topological polar surface area (TPSA) is 119 Å². The van der Waals surface area contributed by atoms with Gasteiger partial charge in [-0.25, -0.2) is 18.9 Å². The van der Waals surface area contributed by atoms with Crippen LogP contribution < -0.4 is 15.3 Å². The maximum atomic E-state index is 13.8. The third kappa shape index (κ3) is 5.12. The van der Waals surface area contributed by atoms with Crippen molar-refractivity contribution in [3.63, 3.8) is 0 Å². The second-order valence-corrected chi connectivity index (χ2v) is 11.4. The SMILES string of the molecule is CCCCc1ccc(N2CCN(S(=O)(=O)C3(C(=O)NO)CCN(c4cccnc4)CC3)CC2)nc1. The Labute approximate surface area is 207 Å². The highest BCUT2D eigenvalue weighted by atomic mass is 32.2. The maximum absolute atomic E-state index is 13.8. The molecule has 11 heteroatoms. The number of nitrogens with one attached hydrogen (secondary N) is 1. The molecule has 2 N–H and O–H groups in total. The molecule has 0 atom stereocenters. The van der Waals surface area contributed by atoms with Gasteiger partial charge in [0.1, 0.15) is 5.82 Å². The first kappa shape index (κ1) is 25.3. The van der Waals surface area contributed by atoms with E-state index in [1.165, 1.54) is 9.87 Å². The zero-order valence-electron chi connectivity index (χ0n) is 20.1. The Balaban J connectivity index is 1.44. The number of amides is 1. The van der Waals surface area contributed by atoms with Crippen LogP contribution >= 0.6 is 0 Å². The number of pyridine rings is 2. The standard InChI is InChI=1S/C24H34N6O4S/c1-2-3-5-20-7-8-22(26-18-20)29-14-16-30(17-15-29)35(33,34)24(23(31)27-32)9-12-28(13-10-24)21-6-4-11-25-19-21/h4,6-8,11,18-19,32H,2-3,5,9-10,12-17H2,1H3,(H,27,31). The zero-order valence-corrected chi connectivity index (χ0v) is 21.0. The Morgan fingerprint density at radius 2 is 1.80 bits per heavy atom. The van der Waals surface area contributed by atoms with E-state index in [0.29, 0.717) is 26.2 Å². The van der Waals surface area contributed by atoms with E-state index in [1.807, 2.05) is 29.3 Å². The number of hydrogen-bond donors (Lipinski definition) is 2. The molecule has 2 aliphatic heterocycles. The number of anilines is 2. The van der Waals surface area contributed by atoms with Crippen molar-refractivity contribution < 1.29 is 18.4 Å². The minimum absolute atomic E-state index is 0.0810. The van der Waals surface area contributed by atoms with Gasteiger partial charge in [-0.3, -0.25) is 15.0 Å². The zero-order chi connectivity index (χ0) is 24.9. The molecule has 4 heterocycles. The van der Waals surface area contributed by atoms with Crippen LogP contribution in [-0.2, 0) is 21.2 Å². The second kappa shape index (κ2) is 10.9.